The van der Waals surface area contributed by atoms with Crippen LogP contribution in [-0.2, 0) is 0 Å². The molecule has 0 aliphatic rings. The fourth-order valence-electron chi connectivity index (χ4n) is 2.00. The normalized spacial score (nSPS) is 10.6. The van der Waals surface area contributed by atoms with Crippen molar-refractivity contribution >= 4 is 22.3 Å². The van der Waals surface area contributed by atoms with E-state index in [1.165, 1.54) is 0 Å². The van der Waals surface area contributed by atoms with Gasteiger partial charge in [-0.25, -0.2) is 0 Å². The fourth-order valence-corrected chi connectivity index (χ4v) is 2.00. The number of ketones is 2. The van der Waals surface area contributed by atoms with Crippen LogP contribution in [0.4, 0.5) is 0 Å². The molecule has 0 aromatic heterocycles. The standard InChI is InChI=1S/C16H16O2/c1-3-15(17)13-7-5-12-10-14(16(18)4-2)8-6-11(12)9-13/h5-10H,3-4H2,1-2H3. The fraction of sp³-hybridized carbons (Fsp3) is 0.250. The average molecular weight is 240 g/mol. The monoisotopic (exact) mass is 240 g/mol. The summed E-state index contributed by atoms with van der Waals surface area (Å²) in [6.45, 7) is 3.71. The van der Waals surface area contributed by atoms with Crippen molar-refractivity contribution in [3.63, 3.8) is 0 Å². The van der Waals surface area contributed by atoms with Crippen molar-refractivity contribution in [1.82, 2.24) is 0 Å². The quantitative estimate of drug-likeness (QED) is 0.756. The summed E-state index contributed by atoms with van der Waals surface area (Å²) in [5, 5.41) is 2.00. The highest BCUT2D eigenvalue weighted by Crippen LogP contribution is 2.19. The van der Waals surface area contributed by atoms with Gasteiger partial charge >= 0.3 is 0 Å². The van der Waals surface area contributed by atoms with E-state index < -0.39 is 0 Å². The molecule has 0 radical (unpaired) electrons. The molecule has 0 heterocycles. The third-order valence-corrected chi connectivity index (χ3v) is 3.13. The van der Waals surface area contributed by atoms with Crippen molar-refractivity contribution in [2.24, 2.45) is 0 Å². The van der Waals surface area contributed by atoms with E-state index in [4.69, 9.17) is 0 Å². The molecule has 0 unspecified atom stereocenters. The van der Waals surface area contributed by atoms with E-state index in [-0.39, 0.29) is 11.6 Å². The summed E-state index contributed by atoms with van der Waals surface area (Å²) in [6.07, 6.45) is 1.02. The van der Waals surface area contributed by atoms with E-state index in [0.717, 1.165) is 21.9 Å². The minimum Gasteiger partial charge on any atom is -0.294 e. The molecule has 2 rings (SSSR count). The van der Waals surface area contributed by atoms with Crippen LogP contribution in [0.3, 0.4) is 0 Å². The number of fused-ring (bicyclic) bond motifs is 1. The molecule has 0 N–H and O–H groups in total. The lowest BCUT2D eigenvalue weighted by atomic mass is 10.00. The van der Waals surface area contributed by atoms with Gasteiger partial charge in [0.05, 0.1) is 0 Å². The Bertz CT molecular complexity index is 556. The van der Waals surface area contributed by atoms with Gasteiger partial charge in [-0.3, -0.25) is 9.59 Å². The molecule has 92 valence electrons. The molecule has 0 spiro atoms. The predicted octanol–water partition coefficient (Wildman–Crippen LogP) is 4.03. The smallest absolute Gasteiger partial charge is 0.162 e. The summed E-state index contributed by atoms with van der Waals surface area (Å²) >= 11 is 0. The van der Waals surface area contributed by atoms with Crippen molar-refractivity contribution in [2.75, 3.05) is 0 Å². The van der Waals surface area contributed by atoms with Crippen LogP contribution in [-0.4, -0.2) is 11.6 Å². The van der Waals surface area contributed by atoms with E-state index in [0.29, 0.717) is 12.8 Å². The number of rotatable bonds is 4. The van der Waals surface area contributed by atoms with E-state index >= 15 is 0 Å². The van der Waals surface area contributed by atoms with E-state index in [9.17, 15) is 9.59 Å². The molecule has 2 aromatic carbocycles. The van der Waals surface area contributed by atoms with Gasteiger partial charge in [-0.05, 0) is 22.9 Å². The van der Waals surface area contributed by atoms with E-state index in [2.05, 4.69) is 0 Å². The van der Waals surface area contributed by atoms with Gasteiger partial charge in [0.15, 0.2) is 11.6 Å². The molecular weight excluding hydrogens is 224 g/mol. The Morgan fingerprint density at radius 2 is 1.17 bits per heavy atom. The number of hydrogen-bond acceptors (Lipinski definition) is 2. The zero-order valence-corrected chi connectivity index (χ0v) is 10.7. The van der Waals surface area contributed by atoms with Crippen LogP contribution in [0.15, 0.2) is 36.4 Å². The second kappa shape index (κ2) is 5.13. The summed E-state index contributed by atoms with van der Waals surface area (Å²) in [5.41, 5.74) is 1.47. The SMILES string of the molecule is CCC(=O)c1ccc2cc(C(=O)CC)ccc2c1. The molecule has 2 aromatic rings. The number of carbonyl (C=O) groups is 2. The van der Waals surface area contributed by atoms with Crippen LogP contribution in [0.5, 0.6) is 0 Å². The van der Waals surface area contributed by atoms with Crippen LogP contribution in [0, 0.1) is 0 Å². The first-order valence-electron chi connectivity index (χ1n) is 6.26. The largest absolute Gasteiger partial charge is 0.294 e. The van der Waals surface area contributed by atoms with Crippen LogP contribution in [0.25, 0.3) is 10.8 Å². The molecule has 0 aliphatic heterocycles. The molecule has 0 saturated carbocycles. The van der Waals surface area contributed by atoms with Gasteiger partial charge in [0, 0.05) is 24.0 Å². The molecule has 0 amide bonds. The number of benzene rings is 2. The van der Waals surface area contributed by atoms with Gasteiger partial charge in [-0.1, -0.05) is 38.1 Å². The van der Waals surface area contributed by atoms with Gasteiger partial charge in [0.25, 0.3) is 0 Å². The van der Waals surface area contributed by atoms with E-state index in [1.54, 1.807) is 0 Å². The topological polar surface area (TPSA) is 34.1 Å². The van der Waals surface area contributed by atoms with Crippen LogP contribution in [0.2, 0.25) is 0 Å². The summed E-state index contributed by atoms with van der Waals surface area (Å²) in [5.74, 6) is 0.288. The molecule has 0 saturated heterocycles. The van der Waals surface area contributed by atoms with Gasteiger partial charge in [-0.15, -0.1) is 0 Å². The molecule has 2 heteroatoms. The lowest BCUT2D eigenvalue weighted by Gasteiger charge is -2.04. The Morgan fingerprint density at radius 3 is 1.50 bits per heavy atom. The molecule has 2 nitrogen and oxygen atoms in total. The maximum atomic E-state index is 11.6. The Morgan fingerprint density at radius 1 is 0.778 bits per heavy atom. The summed E-state index contributed by atoms with van der Waals surface area (Å²) in [4.78, 5) is 23.2. The molecule has 0 bridgehead atoms. The van der Waals surface area contributed by atoms with Crippen LogP contribution < -0.4 is 0 Å². The van der Waals surface area contributed by atoms with Gasteiger partial charge in [0.1, 0.15) is 0 Å². The summed E-state index contributed by atoms with van der Waals surface area (Å²) in [7, 11) is 0. The van der Waals surface area contributed by atoms with Crippen molar-refractivity contribution < 1.29 is 9.59 Å². The number of hydrogen-bond donors (Lipinski definition) is 0. The lowest BCUT2D eigenvalue weighted by Crippen LogP contribution is -1.98. The zero-order chi connectivity index (χ0) is 13.1. The van der Waals surface area contributed by atoms with Crippen molar-refractivity contribution in [3.8, 4) is 0 Å². The van der Waals surface area contributed by atoms with Gasteiger partial charge in [0.2, 0.25) is 0 Å². The Labute approximate surface area is 107 Å². The second-order valence-electron chi connectivity index (χ2n) is 4.33. The highest BCUT2D eigenvalue weighted by molar-refractivity contribution is 6.02. The zero-order valence-electron chi connectivity index (χ0n) is 10.7. The number of carbonyl (C=O) groups excluding carboxylic acids is 2. The first kappa shape index (κ1) is 12.5. The first-order chi connectivity index (χ1) is 8.65. The first-order valence-corrected chi connectivity index (χ1v) is 6.26. The summed E-state index contributed by atoms with van der Waals surface area (Å²) in [6, 6.07) is 11.3. The van der Waals surface area contributed by atoms with Crippen molar-refractivity contribution in [1.29, 1.82) is 0 Å². The Balaban J connectivity index is 2.48. The molecule has 0 aliphatic carbocycles. The highest BCUT2D eigenvalue weighted by atomic mass is 16.1. The maximum Gasteiger partial charge on any atom is 0.162 e. The third-order valence-electron chi connectivity index (χ3n) is 3.13. The van der Waals surface area contributed by atoms with Crippen LogP contribution >= 0.6 is 0 Å². The van der Waals surface area contributed by atoms with Crippen molar-refractivity contribution in [3.05, 3.63) is 47.5 Å². The summed E-state index contributed by atoms with van der Waals surface area (Å²) < 4.78 is 0. The lowest BCUT2D eigenvalue weighted by molar-refractivity contribution is 0.0980. The average Bonchev–Trinajstić information content (AvgIpc) is 2.44. The Kier molecular flexibility index (Phi) is 3.56. The molecule has 0 atom stereocenters. The highest BCUT2D eigenvalue weighted by Gasteiger charge is 2.06. The molecule has 0 fully saturated rings. The van der Waals surface area contributed by atoms with Gasteiger partial charge < -0.3 is 0 Å². The minimum atomic E-state index is 0.144. The molecular formula is C16H16O2. The second-order valence-corrected chi connectivity index (χ2v) is 4.33. The van der Waals surface area contributed by atoms with Crippen molar-refractivity contribution in [2.45, 2.75) is 26.7 Å². The minimum absolute atomic E-state index is 0.144. The third kappa shape index (κ3) is 2.33. The van der Waals surface area contributed by atoms with E-state index in [1.807, 2.05) is 50.2 Å². The predicted molar refractivity (Wildman–Crippen MR) is 73.2 cm³/mol. The Hall–Kier alpha value is -1.96. The van der Waals surface area contributed by atoms with Gasteiger partial charge in [-0.2, -0.15) is 0 Å². The van der Waals surface area contributed by atoms with Crippen LogP contribution in [0.1, 0.15) is 47.4 Å². The maximum absolute atomic E-state index is 11.6. The molecule has 18 heavy (non-hydrogen) atoms. The number of Topliss-reactive ketones (excluding diaryl/α,β-unsaturated/α-hetero) is 2.